The van der Waals surface area contributed by atoms with Crippen LogP contribution in [0.15, 0.2) is 48.5 Å². The predicted molar refractivity (Wildman–Crippen MR) is 83.4 cm³/mol. The molecule has 0 bridgehead atoms. The Morgan fingerprint density at radius 1 is 1.23 bits per heavy atom. The highest BCUT2D eigenvalue weighted by Gasteiger charge is 2.22. The van der Waals surface area contributed by atoms with Gasteiger partial charge in [-0.2, -0.15) is 0 Å². The molecule has 0 saturated carbocycles. The van der Waals surface area contributed by atoms with Crippen LogP contribution >= 0.6 is 0 Å². The van der Waals surface area contributed by atoms with E-state index in [2.05, 4.69) is 11.4 Å². The van der Waals surface area contributed by atoms with Gasteiger partial charge in [0.05, 0.1) is 19.1 Å². The summed E-state index contributed by atoms with van der Waals surface area (Å²) in [6.07, 6.45) is 1.04. The van der Waals surface area contributed by atoms with E-state index in [-0.39, 0.29) is 17.8 Å². The lowest BCUT2D eigenvalue weighted by atomic mass is 9.95. The third kappa shape index (κ3) is 3.46. The molecule has 114 valence electrons. The number of ether oxygens (including phenoxy) is 1. The number of benzene rings is 2. The van der Waals surface area contributed by atoms with Gasteiger partial charge in [0, 0.05) is 6.54 Å². The van der Waals surface area contributed by atoms with Gasteiger partial charge in [-0.3, -0.25) is 4.79 Å². The maximum Gasteiger partial charge on any atom is 0.223 e. The first kappa shape index (κ1) is 14.6. The number of phenolic OH excluding ortho intramolecular Hbond substituents is 1. The van der Waals surface area contributed by atoms with Crippen LogP contribution in [0.25, 0.3) is 0 Å². The molecule has 1 unspecified atom stereocenters. The van der Waals surface area contributed by atoms with E-state index in [0.29, 0.717) is 19.6 Å². The van der Waals surface area contributed by atoms with Crippen LogP contribution in [0.4, 0.5) is 0 Å². The Balaban J connectivity index is 1.59. The minimum atomic E-state index is -0.172. The molecule has 2 aromatic carbocycles. The molecule has 22 heavy (non-hydrogen) atoms. The zero-order chi connectivity index (χ0) is 15.4. The van der Waals surface area contributed by atoms with Crippen LogP contribution in [0, 0.1) is 0 Å². The number of amides is 1. The number of hydrogen-bond acceptors (Lipinski definition) is 3. The first-order valence-corrected chi connectivity index (χ1v) is 7.46. The fourth-order valence-corrected chi connectivity index (χ4v) is 2.75. The number of carbonyl (C=O) groups excluding carboxylic acids is 1. The summed E-state index contributed by atoms with van der Waals surface area (Å²) in [5.74, 6) is 0.154. The van der Waals surface area contributed by atoms with Crippen molar-refractivity contribution in [1.82, 2.24) is 5.32 Å². The molecule has 2 N–H and O–H groups in total. The van der Waals surface area contributed by atoms with Crippen LogP contribution in [0.1, 0.15) is 29.2 Å². The zero-order valence-corrected chi connectivity index (χ0v) is 12.3. The van der Waals surface area contributed by atoms with Gasteiger partial charge in [-0.05, 0) is 35.2 Å². The van der Waals surface area contributed by atoms with Crippen LogP contribution in [-0.2, 0) is 22.5 Å². The lowest BCUT2D eigenvalue weighted by Crippen LogP contribution is -2.27. The molecule has 1 amide bonds. The quantitative estimate of drug-likeness (QED) is 0.912. The molecule has 4 nitrogen and oxygen atoms in total. The maximum absolute atomic E-state index is 12.1. The number of aromatic hydroxyl groups is 1. The fraction of sp³-hybridized carbons (Fsp3) is 0.278. The molecule has 4 heteroatoms. The number of nitrogens with one attached hydrogen (secondary N) is 1. The minimum absolute atomic E-state index is 0.0509. The van der Waals surface area contributed by atoms with Gasteiger partial charge in [-0.1, -0.05) is 36.4 Å². The number of phenols is 1. The highest BCUT2D eigenvalue weighted by Crippen LogP contribution is 2.29. The highest BCUT2D eigenvalue weighted by atomic mass is 16.5. The molecular weight excluding hydrogens is 278 g/mol. The van der Waals surface area contributed by atoms with E-state index in [1.54, 1.807) is 18.2 Å². The summed E-state index contributed by atoms with van der Waals surface area (Å²) in [5, 5.41) is 12.3. The molecule has 1 heterocycles. The van der Waals surface area contributed by atoms with Crippen molar-refractivity contribution in [2.24, 2.45) is 0 Å². The minimum Gasteiger partial charge on any atom is -0.508 e. The Hall–Kier alpha value is -2.33. The summed E-state index contributed by atoms with van der Waals surface area (Å²) in [7, 11) is 0. The van der Waals surface area contributed by atoms with E-state index in [4.69, 9.17) is 4.74 Å². The summed E-state index contributed by atoms with van der Waals surface area (Å²) in [6.45, 7) is 1.06. The second-order valence-corrected chi connectivity index (χ2v) is 5.46. The number of hydrogen-bond donors (Lipinski definition) is 2. The molecule has 2 aromatic rings. The van der Waals surface area contributed by atoms with E-state index in [1.165, 1.54) is 5.56 Å². The van der Waals surface area contributed by atoms with Crippen LogP contribution in [0.2, 0.25) is 0 Å². The fourth-order valence-electron chi connectivity index (χ4n) is 2.75. The lowest BCUT2D eigenvalue weighted by molar-refractivity contribution is -0.124. The van der Waals surface area contributed by atoms with Crippen LogP contribution in [0.3, 0.4) is 0 Å². The highest BCUT2D eigenvalue weighted by molar-refractivity contribution is 5.76. The maximum atomic E-state index is 12.1. The van der Waals surface area contributed by atoms with Crippen molar-refractivity contribution < 1.29 is 14.6 Å². The number of rotatable bonds is 4. The van der Waals surface area contributed by atoms with Crippen molar-refractivity contribution in [3.8, 4) is 5.75 Å². The van der Waals surface area contributed by atoms with Gasteiger partial charge in [0.2, 0.25) is 5.91 Å². The van der Waals surface area contributed by atoms with E-state index < -0.39 is 0 Å². The smallest absolute Gasteiger partial charge is 0.223 e. The Kier molecular flexibility index (Phi) is 4.39. The van der Waals surface area contributed by atoms with E-state index in [9.17, 15) is 9.90 Å². The van der Waals surface area contributed by atoms with Crippen LogP contribution in [-0.4, -0.2) is 17.6 Å². The molecule has 0 fully saturated rings. The third-order valence-electron chi connectivity index (χ3n) is 3.86. The summed E-state index contributed by atoms with van der Waals surface area (Å²) in [6, 6.07) is 15.0. The van der Waals surface area contributed by atoms with Crippen molar-refractivity contribution in [2.75, 3.05) is 6.61 Å². The predicted octanol–water partition coefficient (Wildman–Crippen LogP) is 2.71. The molecule has 0 saturated heterocycles. The van der Waals surface area contributed by atoms with Gasteiger partial charge in [0.1, 0.15) is 5.75 Å². The Morgan fingerprint density at radius 3 is 2.95 bits per heavy atom. The van der Waals surface area contributed by atoms with Crippen LogP contribution < -0.4 is 5.32 Å². The molecule has 1 aliphatic heterocycles. The molecular formula is C18H19NO3. The molecule has 1 atom stereocenters. The van der Waals surface area contributed by atoms with Crippen molar-refractivity contribution in [3.05, 3.63) is 65.2 Å². The molecule has 0 aromatic heterocycles. The second-order valence-electron chi connectivity index (χ2n) is 5.46. The Labute approximate surface area is 129 Å². The monoisotopic (exact) mass is 297 g/mol. The van der Waals surface area contributed by atoms with E-state index in [1.807, 2.05) is 24.3 Å². The van der Waals surface area contributed by atoms with Gasteiger partial charge in [-0.15, -0.1) is 0 Å². The molecule has 3 rings (SSSR count). The first-order valence-electron chi connectivity index (χ1n) is 7.46. The van der Waals surface area contributed by atoms with Crippen molar-refractivity contribution in [3.63, 3.8) is 0 Å². The van der Waals surface area contributed by atoms with Crippen molar-refractivity contribution >= 4 is 5.91 Å². The van der Waals surface area contributed by atoms with Gasteiger partial charge in [0.25, 0.3) is 0 Å². The van der Waals surface area contributed by atoms with Crippen molar-refractivity contribution in [2.45, 2.75) is 25.5 Å². The van der Waals surface area contributed by atoms with Gasteiger partial charge < -0.3 is 15.2 Å². The number of fused-ring (bicyclic) bond motifs is 1. The normalized spacial score (nSPS) is 16.8. The van der Waals surface area contributed by atoms with Gasteiger partial charge in [0.15, 0.2) is 0 Å². The Morgan fingerprint density at radius 2 is 2.09 bits per heavy atom. The zero-order valence-electron chi connectivity index (χ0n) is 12.3. The first-order chi connectivity index (χ1) is 10.7. The average Bonchev–Trinajstić information content (AvgIpc) is 2.53. The summed E-state index contributed by atoms with van der Waals surface area (Å²) in [5.41, 5.74) is 3.25. The van der Waals surface area contributed by atoms with Gasteiger partial charge in [-0.25, -0.2) is 0 Å². The second kappa shape index (κ2) is 6.62. The summed E-state index contributed by atoms with van der Waals surface area (Å²) in [4.78, 5) is 12.1. The largest absolute Gasteiger partial charge is 0.508 e. The molecule has 0 aliphatic carbocycles. The standard InChI is InChI=1S/C18H19NO3/c20-15-6-3-4-13(10-15)12-19-18(21)11-17-16-7-2-1-5-14(16)8-9-22-17/h1-7,10,17,20H,8-9,11-12H2,(H,19,21). The molecule has 0 spiro atoms. The van der Waals surface area contributed by atoms with E-state index >= 15 is 0 Å². The van der Waals surface area contributed by atoms with Gasteiger partial charge >= 0.3 is 0 Å². The summed E-state index contributed by atoms with van der Waals surface area (Å²) < 4.78 is 5.75. The van der Waals surface area contributed by atoms with Crippen LogP contribution in [0.5, 0.6) is 5.75 Å². The van der Waals surface area contributed by atoms with E-state index in [0.717, 1.165) is 17.5 Å². The molecule has 1 aliphatic rings. The third-order valence-corrected chi connectivity index (χ3v) is 3.86. The average molecular weight is 297 g/mol. The van der Waals surface area contributed by atoms with Crippen molar-refractivity contribution in [1.29, 1.82) is 0 Å². The number of carbonyl (C=O) groups is 1. The summed E-state index contributed by atoms with van der Waals surface area (Å²) >= 11 is 0. The SMILES string of the molecule is O=C(CC1OCCc2ccccc21)NCc1cccc(O)c1. The Bertz CT molecular complexity index is 669. The molecule has 0 radical (unpaired) electrons. The topological polar surface area (TPSA) is 58.6 Å². The lowest BCUT2D eigenvalue weighted by Gasteiger charge is -2.25.